The molecule has 9 aromatic rings. The van der Waals surface area contributed by atoms with Crippen LogP contribution in [-0.4, -0.2) is 85.6 Å². The molecule has 71 heavy (non-hydrogen) atoms. The average molecular weight is 977 g/mol. The van der Waals surface area contributed by atoms with Crippen molar-refractivity contribution in [3.63, 3.8) is 0 Å². The Morgan fingerprint density at radius 2 is 1.70 bits per heavy atom. The third-order valence-corrected chi connectivity index (χ3v) is 12.7. The number of phenols is 1. The van der Waals surface area contributed by atoms with Crippen molar-refractivity contribution in [2.75, 3.05) is 29.9 Å². The summed E-state index contributed by atoms with van der Waals surface area (Å²) in [7, 11) is 0. The van der Waals surface area contributed by atoms with E-state index in [-0.39, 0.29) is 46.3 Å². The van der Waals surface area contributed by atoms with Crippen LogP contribution in [-0.2, 0) is 4.79 Å². The van der Waals surface area contributed by atoms with Crippen LogP contribution in [0, 0.1) is 18.6 Å². The number of amides is 1. The number of halogens is 3. The zero-order chi connectivity index (χ0) is 50.2. The number of benzene rings is 3. The second-order valence-corrected chi connectivity index (χ2v) is 17.8. The van der Waals surface area contributed by atoms with Crippen LogP contribution in [0.2, 0.25) is 5.02 Å². The Morgan fingerprint density at radius 3 is 2.44 bits per heavy atom. The molecule has 1 saturated heterocycles. The van der Waals surface area contributed by atoms with Gasteiger partial charge >= 0.3 is 5.69 Å². The number of phenolic OH excluding ortho intramolecular Hbond substituents is 1. The Morgan fingerprint density at radius 1 is 0.930 bits per heavy atom. The van der Waals surface area contributed by atoms with Gasteiger partial charge in [-0.25, -0.2) is 38.1 Å². The summed E-state index contributed by atoms with van der Waals surface area (Å²) in [6, 6.07) is 23.0. The first-order valence-electron chi connectivity index (χ1n) is 22.7. The number of hydrogen-bond donors (Lipinski definition) is 3. The quantitative estimate of drug-likeness (QED) is 0.117. The Labute approximate surface area is 410 Å². The molecule has 1 aliphatic rings. The lowest BCUT2D eigenvalue weighted by Crippen LogP contribution is -2.54. The standard InChI is InChI=1S/C30H30F2N6O3.C22H17ClN6O/c1-6-23(40)36-12-13-37(18(5)15-36)28-19-14-21(32)26(24-20(31)8-7-9-22(24)39)34-29(19)38(30(41)35-28)27-17(4)10-11-33-25(27)16(2)3;1-13(28-21-19-20(25-11-24-19)26-12-27-21)17-10-14-6-5-9-16(23)18(14)22(30)29(17)15-7-3-2-4-8-15/h6-11,14,16,18,39H,1,12-13,15H2,2-5H3;2-13H,1H3,(H2,24,25,26,27,28). The third-order valence-electron chi connectivity index (χ3n) is 12.4. The number of carbonyl (C=O) groups is 1. The summed E-state index contributed by atoms with van der Waals surface area (Å²) in [5.41, 5.74) is 2.95. The maximum atomic E-state index is 15.8. The van der Waals surface area contributed by atoms with E-state index in [1.165, 1.54) is 29.1 Å². The zero-order valence-electron chi connectivity index (χ0n) is 39.2. The number of hydrogen-bond acceptors (Lipinski definition) is 12. The van der Waals surface area contributed by atoms with Gasteiger partial charge in [0, 0.05) is 43.3 Å². The SMILES string of the molecule is C=CC(=O)N1CCN(c2nc(=O)n(-c3c(C)ccnc3C(C)C)c3nc(-c4c(O)cccc4F)c(F)cc23)C(C)C1.CC(Nc1ncnc2nc[nH]c12)c1cc2cccc(Cl)c2c(=O)n1-c1ccccc1. The van der Waals surface area contributed by atoms with E-state index in [9.17, 15) is 23.9 Å². The molecule has 19 heteroatoms. The highest BCUT2D eigenvalue weighted by atomic mass is 35.5. The fraction of sp³-hybridized carbons (Fsp3) is 0.212. The highest BCUT2D eigenvalue weighted by Gasteiger charge is 2.31. The van der Waals surface area contributed by atoms with E-state index in [0.717, 1.165) is 28.9 Å². The summed E-state index contributed by atoms with van der Waals surface area (Å²) in [6.45, 7) is 14.1. The highest BCUT2D eigenvalue weighted by molar-refractivity contribution is 6.35. The Bertz CT molecular complexity index is 3640. The lowest BCUT2D eigenvalue weighted by Gasteiger charge is -2.40. The molecule has 1 amide bonds. The molecule has 2 atom stereocenters. The van der Waals surface area contributed by atoms with Gasteiger partial charge in [0.2, 0.25) is 5.91 Å². The summed E-state index contributed by atoms with van der Waals surface area (Å²) in [4.78, 5) is 72.2. The topological polar surface area (TPSA) is 193 Å². The minimum Gasteiger partial charge on any atom is -0.507 e. The van der Waals surface area contributed by atoms with Gasteiger partial charge in [-0.05, 0) is 92.2 Å². The van der Waals surface area contributed by atoms with Crippen LogP contribution >= 0.6 is 11.6 Å². The van der Waals surface area contributed by atoms with Crippen LogP contribution in [0.4, 0.5) is 20.4 Å². The number of para-hydroxylation sites is 1. The summed E-state index contributed by atoms with van der Waals surface area (Å²) in [5, 5.41) is 15.8. The molecular weight excluding hydrogens is 930 g/mol. The first kappa shape index (κ1) is 47.7. The number of carbonyl (C=O) groups excluding carboxylic acids is 1. The van der Waals surface area contributed by atoms with Crippen LogP contribution in [0.5, 0.6) is 5.75 Å². The number of rotatable bonds is 9. The molecule has 0 saturated carbocycles. The maximum absolute atomic E-state index is 15.8. The van der Waals surface area contributed by atoms with Crippen molar-refractivity contribution in [1.82, 2.24) is 48.9 Å². The van der Waals surface area contributed by atoms with Crippen LogP contribution in [0.3, 0.4) is 0 Å². The van der Waals surface area contributed by atoms with Gasteiger partial charge in [0.25, 0.3) is 5.56 Å². The number of imidazole rings is 1. The number of aromatic amines is 1. The van der Waals surface area contributed by atoms with Gasteiger partial charge in [-0.1, -0.05) is 68.4 Å². The number of nitrogens with zero attached hydrogens (tertiary/aromatic N) is 10. The van der Waals surface area contributed by atoms with Crippen LogP contribution in [0.25, 0.3) is 55.6 Å². The number of nitrogens with one attached hydrogen (secondary N) is 2. The van der Waals surface area contributed by atoms with Crippen LogP contribution in [0.1, 0.15) is 56.6 Å². The number of H-pyrrole nitrogens is 1. The molecule has 3 aromatic carbocycles. The Hall–Kier alpha value is -8.38. The molecule has 1 fully saturated rings. The van der Waals surface area contributed by atoms with Crippen LogP contribution < -0.4 is 21.5 Å². The molecule has 2 unspecified atom stereocenters. The third kappa shape index (κ3) is 8.93. The van der Waals surface area contributed by atoms with Crippen molar-refractivity contribution in [3.05, 3.63) is 171 Å². The number of aryl methyl sites for hydroxylation is 1. The summed E-state index contributed by atoms with van der Waals surface area (Å²) in [6.07, 6.45) is 5.93. The smallest absolute Gasteiger partial charge is 0.355 e. The molecule has 7 heterocycles. The minimum atomic E-state index is -0.897. The van der Waals surface area contributed by atoms with E-state index in [0.29, 0.717) is 64.0 Å². The van der Waals surface area contributed by atoms with Crippen molar-refractivity contribution in [3.8, 4) is 28.4 Å². The van der Waals surface area contributed by atoms with Gasteiger partial charge in [-0.2, -0.15) is 4.98 Å². The maximum Gasteiger partial charge on any atom is 0.355 e. The molecule has 0 spiro atoms. The molecule has 6 aromatic heterocycles. The fourth-order valence-electron chi connectivity index (χ4n) is 8.99. The van der Waals surface area contributed by atoms with E-state index >= 15 is 4.39 Å². The first-order chi connectivity index (χ1) is 34.2. The number of anilines is 2. The Kier molecular flexibility index (Phi) is 13.1. The van der Waals surface area contributed by atoms with Gasteiger partial charge in [0.15, 0.2) is 22.9 Å². The van der Waals surface area contributed by atoms with Crippen molar-refractivity contribution in [2.45, 2.75) is 52.6 Å². The number of fused-ring (bicyclic) bond motifs is 3. The summed E-state index contributed by atoms with van der Waals surface area (Å²) < 4.78 is 33.7. The molecule has 0 aliphatic carbocycles. The highest BCUT2D eigenvalue weighted by Crippen LogP contribution is 2.37. The predicted molar refractivity (Wildman–Crippen MR) is 271 cm³/mol. The normalized spacial score (nSPS) is 14.2. The van der Waals surface area contributed by atoms with Gasteiger partial charge in [0.1, 0.15) is 34.9 Å². The number of aromatic hydroxyl groups is 1. The van der Waals surface area contributed by atoms with Crippen LogP contribution in [0.15, 0.2) is 126 Å². The van der Waals surface area contributed by atoms with Gasteiger partial charge < -0.3 is 25.2 Å². The van der Waals surface area contributed by atoms with Crippen molar-refractivity contribution < 1.29 is 18.7 Å². The summed E-state index contributed by atoms with van der Waals surface area (Å²) in [5.74, 6) is -1.73. The van der Waals surface area contributed by atoms with Gasteiger partial charge in [0.05, 0.1) is 45.1 Å². The van der Waals surface area contributed by atoms with E-state index in [1.807, 2.05) is 88.0 Å². The molecule has 360 valence electrons. The number of piperazine rings is 1. The average Bonchev–Trinajstić information content (AvgIpc) is 3.85. The van der Waals surface area contributed by atoms with E-state index in [2.05, 4.69) is 46.8 Å². The fourth-order valence-corrected chi connectivity index (χ4v) is 9.25. The second kappa shape index (κ2) is 19.6. The second-order valence-electron chi connectivity index (χ2n) is 17.4. The molecular formula is C52H47ClF2N12O4. The zero-order valence-corrected chi connectivity index (χ0v) is 40.0. The molecule has 1 aliphatic heterocycles. The first-order valence-corrected chi connectivity index (χ1v) is 23.1. The van der Waals surface area contributed by atoms with Crippen molar-refractivity contribution in [1.29, 1.82) is 0 Å². The molecule has 0 bridgehead atoms. The van der Waals surface area contributed by atoms with Gasteiger partial charge in [-0.15, -0.1) is 0 Å². The molecule has 0 radical (unpaired) electrons. The monoisotopic (exact) mass is 976 g/mol. The predicted octanol–water partition coefficient (Wildman–Crippen LogP) is 8.96. The van der Waals surface area contributed by atoms with E-state index < -0.39 is 34.3 Å². The van der Waals surface area contributed by atoms with E-state index in [4.69, 9.17) is 11.6 Å². The lowest BCUT2D eigenvalue weighted by atomic mass is 10.0. The summed E-state index contributed by atoms with van der Waals surface area (Å²) >= 11 is 6.38. The molecule has 3 N–H and O–H groups in total. The van der Waals surface area contributed by atoms with E-state index in [1.54, 1.807) is 34.1 Å². The van der Waals surface area contributed by atoms with Crippen molar-refractivity contribution >= 4 is 62.1 Å². The number of aromatic nitrogens is 9. The molecule has 10 rings (SSSR count). The Balaban J connectivity index is 0.000000184. The molecule has 16 nitrogen and oxygen atoms in total. The lowest BCUT2D eigenvalue weighted by molar-refractivity contribution is -0.126. The number of pyridine rings is 3. The largest absolute Gasteiger partial charge is 0.507 e. The van der Waals surface area contributed by atoms with Gasteiger partial charge in [-0.3, -0.25) is 19.1 Å². The minimum absolute atomic E-state index is 0.0360. The van der Waals surface area contributed by atoms with Crippen molar-refractivity contribution in [2.24, 2.45) is 0 Å².